The number of anilines is 2. The second-order valence-corrected chi connectivity index (χ2v) is 7.18. The molecular weight excluding hydrogens is 318 g/mol. The van der Waals surface area contributed by atoms with Gasteiger partial charge in [-0.2, -0.15) is 0 Å². The Morgan fingerprint density at radius 3 is 2.61 bits per heavy atom. The van der Waals surface area contributed by atoms with Gasteiger partial charge in [-0.3, -0.25) is 0 Å². The van der Waals surface area contributed by atoms with Crippen molar-refractivity contribution in [3.8, 4) is 0 Å². The lowest BCUT2D eigenvalue weighted by Crippen LogP contribution is -2.22. The lowest BCUT2D eigenvalue weighted by atomic mass is 10.2. The number of benzene rings is 1. The molecule has 0 radical (unpaired) electrons. The van der Waals surface area contributed by atoms with Crippen molar-refractivity contribution in [2.45, 2.75) is 4.90 Å². The number of sulfonamides is 1. The van der Waals surface area contributed by atoms with Crippen molar-refractivity contribution in [1.82, 2.24) is 4.31 Å². The van der Waals surface area contributed by atoms with Crippen molar-refractivity contribution in [2.24, 2.45) is 0 Å². The predicted molar refractivity (Wildman–Crippen MR) is 78.3 cm³/mol. The average Bonchev–Trinajstić information content (AvgIpc) is 2.27. The molecule has 1 aromatic rings. The number of nitrogen functional groups attached to an aromatic ring is 1. The van der Waals surface area contributed by atoms with E-state index >= 15 is 0 Å². The largest absolute Gasteiger partial charge is 0.397 e. The van der Waals surface area contributed by atoms with Gasteiger partial charge in [-0.25, -0.2) is 12.7 Å². The molecule has 0 saturated carbocycles. The molecule has 100 valence electrons. The van der Waals surface area contributed by atoms with E-state index < -0.39 is 10.0 Å². The summed E-state index contributed by atoms with van der Waals surface area (Å²) < 4.78 is 25.8. The molecule has 0 heterocycles. The third kappa shape index (κ3) is 3.47. The molecule has 7 heteroatoms. The van der Waals surface area contributed by atoms with Crippen LogP contribution >= 0.6 is 15.9 Å². The molecule has 1 aromatic carbocycles. The van der Waals surface area contributed by atoms with Crippen LogP contribution in [0.25, 0.3) is 0 Å². The third-order valence-electron chi connectivity index (χ3n) is 2.27. The van der Waals surface area contributed by atoms with Gasteiger partial charge in [0.05, 0.1) is 16.3 Å². The molecule has 1 rings (SSSR count). The fourth-order valence-corrected chi connectivity index (χ4v) is 2.32. The van der Waals surface area contributed by atoms with E-state index in [9.17, 15) is 8.42 Å². The monoisotopic (exact) mass is 333 g/mol. The summed E-state index contributed by atoms with van der Waals surface area (Å²) >= 11 is 3.21. The number of hydrogen-bond donors (Lipinski definition) is 2. The van der Waals surface area contributed by atoms with Crippen molar-refractivity contribution in [3.63, 3.8) is 0 Å². The normalized spacial score (nSPS) is 11.6. The minimum atomic E-state index is -3.45. The standard InChI is InChI=1S/C11H16BrN3O2S/c1-8(12)7-14-11-6-9(4-5-10(11)13)18(16,17)15(2)3/h4-6,14H,1,7,13H2,2-3H3. The molecule has 0 amide bonds. The zero-order valence-corrected chi connectivity index (χ0v) is 12.7. The highest BCUT2D eigenvalue weighted by molar-refractivity contribution is 9.11. The summed E-state index contributed by atoms with van der Waals surface area (Å²) in [5, 5.41) is 3.01. The first-order chi connectivity index (χ1) is 8.25. The van der Waals surface area contributed by atoms with Gasteiger partial charge >= 0.3 is 0 Å². The predicted octanol–water partition coefficient (Wildman–Crippen LogP) is 1.84. The molecule has 0 aliphatic heterocycles. The van der Waals surface area contributed by atoms with E-state index in [1.807, 2.05) is 0 Å². The second kappa shape index (κ2) is 5.73. The van der Waals surface area contributed by atoms with Crippen LogP contribution in [0.3, 0.4) is 0 Å². The molecule has 3 N–H and O–H groups in total. The number of hydrogen-bond acceptors (Lipinski definition) is 4. The molecule has 0 atom stereocenters. The topological polar surface area (TPSA) is 75.4 Å². The number of nitrogens with zero attached hydrogens (tertiary/aromatic N) is 1. The Morgan fingerprint density at radius 1 is 1.50 bits per heavy atom. The summed E-state index contributed by atoms with van der Waals surface area (Å²) in [6, 6.07) is 4.56. The molecule has 0 bridgehead atoms. The number of rotatable bonds is 5. The van der Waals surface area contributed by atoms with E-state index in [2.05, 4.69) is 27.8 Å². The van der Waals surface area contributed by atoms with Gasteiger partial charge in [-0.05, 0) is 18.2 Å². The summed E-state index contributed by atoms with van der Waals surface area (Å²) in [7, 11) is -0.481. The van der Waals surface area contributed by atoms with Crippen molar-refractivity contribution in [3.05, 3.63) is 29.3 Å². The van der Waals surface area contributed by atoms with Crippen LogP contribution in [-0.2, 0) is 10.0 Å². The quantitative estimate of drug-likeness (QED) is 0.806. The van der Waals surface area contributed by atoms with E-state index in [0.29, 0.717) is 17.9 Å². The van der Waals surface area contributed by atoms with E-state index in [1.165, 1.54) is 26.2 Å². The smallest absolute Gasteiger partial charge is 0.242 e. The third-order valence-corrected chi connectivity index (χ3v) is 4.37. The van der Waals surface area contributed by atoms with E-state index in [0.717, 1.165) is 8.79 Å². The number of halogens is 1. The van der Waals surface area contributed by atoms with E-state index in [4.69, 9.17) is 5.73 Å². The second-order valence-electron chi connectivity index (χ2n) is 3.91. The van der Waals surface area contributed by atoms with Crippen molar-refractivity contribution < 1.29 is 8.42 Å². The maximum Gasteiger partial charge on any atom is 0.242 e. The Hall–Kier alpha value is -1.05. The first kappa shape index (κ1) is 15.0. The van der Waals surface area contributed by atoms with Crippen molar-refractivity contribution in [2.75, 3.05) is 31.7 Å². The lowest BCUT2D eigenvalue weighted by Gasteiger charge is -2.14. The average molecular weight is 334 g/mol. The molecule has 0 aliphatic carbocycles. The minimum absolute atomic E-state index is 0.199. The number of nitrogens with two attached hydrogens (primary N) is 1. The maximum absolute atomic E-state index is 12.0. The SMILES string of the molecule is C=C(Br)CNc1cc(S(=O)(=O)N(C)C)ccc1N. The highest BCUT2D eigenvalue weighted by Crippen LogP contribution is 2.24. The summed E-state index contributed by atoms with van der Waals surface area (Å²) in [6.45, 7) is 4.15. The molecule has 0 saturated heterocycles. The Balaban J connectivity index is 3.12. The van der Waals surface area contributed by atoms with Crippen molar-refractivity contribution >= 4 is 37.3 Å². The Bertz CT molecular complexity index is 555. The van der Waals surface area contributed by atoms with Gasteiger partial charge in [0, 0.05) is 25.1 Å². The van der Waals surface area contributed by atoms with Crippen LogP contribution in [0.15, 0.2) is 34.2 Å². The fraction of sp³-hybridized carbons (Fsp3) is 0.273. The zero-order valence-electron chi connectivity index (χ0n) is 10.3. The molecule has 0 aromatic heterocycles. The molecule has 0 unspecified atom stereocenters. The van der Waals surface area contributed by atoms with Crippen LogP contribution in [-0.4, -0.2) is 33.4 Å². The van der Waals surface area contributed by atoms with Crippen molar-refractivity contribution in [1.29, 1.82) is 0 Å². The summed E-state index contributed by atoms with van der Waals surface area (Å²) in [4.78, 5) is 0.199. The Kier molecular flexibility index (Phi) is 4.78. The molecule has 0 fully saturated rings. The van der Waals surface area contributed by atoms with Gasteiger partial charge in [-0.1, -0.05) is 22.5 Å². The fourth-order valence-electron chi connectivity index (χ4n) is 1.25. The van der Waals surface area contributed by atoms with Gasteiger partial charge in [0.2, 0.25) is 10.0 Å². The molecular formula is C11H16BrN3O2S. The zero-order chi connectivity index (χ0) is 13.9. The van der Waals surface area contributed by atoms with Crippen LogP contribution in [0.5, 0.6) is 0 Å². The molecule has 0 aliphatic rings. The van der Waals surface area contributed by atoms with Gasteiger partial charge in [0.25, 0.3) is 0 Å². The van der Waals surface area contributed by atoms with E-state index in [1.54, 1.807) is 6.07 Å². The summed E-state index contributed by atoms with van der Waals surface area (Å²) in [5.74, 6) is 0. The summed E-state index contributed by atoms with van der Waals surface area (Å²) in [5.41, 5.74) is 6.83. The summed E-state index contributed by atoms with van der Waals surface area (Å²) in [6.07, 6.45) is 0. The first-order valence-corrected chi connectivity index (χ1v) is 7.37. The van der Waals surface area contributed by atoms with Crippen LogP contribution < -0.4 is 11.1 Å². The molecule has 0 spiro atoms. The highest BCUT2D eigenvalue weighted by Gasteiger charge is 2.18. The first-order valence-electron chi connectivity index (χ1n) is 5.14. The lowest BCUT2D eigenvalue weighted by molar-refractivity contribution is 0.521. The van der Waals surface area contributed by atoms with Crippen LogP contribution in [0, 0.1) is 0 Å². The number of nitrogens with one attached hydrogen (secondary N) is 1. The maximum atomic E-state index is 12.0. The highest BCUT2D eigenvalue weighted by atomic mass is 79.9. The Labute approximate surface area is 116 Å². The van der Waals surface area contributed by atoms with Crippen LogP contribution in [0.2, 0.25) is 0 Å². The van der Waals surface area contributed by atoms with Gasteiger partial charge in [-0.15, -0.1) is 0 Å². The molecule has 18 heavy (non-hydrogen) atoms. The Morgan fingerprint density at radius 2 is 2.11 bits per heavy atom. The van der Waals surface area contributed by atoms with Gasteiger partial charge in [0.1, 0.15) is 0 Å². The van der Waals surface area contributed by atoms with Crippen LogP contribution in [0.1, 0.15) is 0 Å². The molecule has 5 nitrogen and oxygen atoms in total. The van der Waals surface area contributed by atoms with Crippen LogP contribution in [0.4, 0.5) is 11.4 Å². The van der Waals surface area contributed by atoms with Gasteiger partial charge in [0.15, 0.2) is 0 Å². The minimum Gasteiger partial charge on any atom is -0.397 e. The van der Waals surface area contributed by atoms with Gasteiger partial charge < -0.3 is 11.1 Å². The van der Waals surface area contributed by atoms with E-state index in [-0.39, 0.29) is 4.90 Å².